The van der Waals surface area contributed by atoms with E-state index in [4.69, 9.17) is 5.11 Å². The summed E-state index contributed by atoms with van der Waals surface area (Å²) in [5.74, 6) is -1.47. The molecule has 0 spiro atoms. The number of hydrogen-bond acceptors (Lipinski definition) is 5. The monoisotopic (exact) mass is 280 g/mol. The van der Waals surface area contributed by atoms with Crippen LogP contribution in [0.3, 0.4) is 0 Å². The molecule has 0 aromatic heterocycles. The predicted octanol–water partition coefficient (Wildman–Crippen LogP) is -0.0913. The van der Waals surface area contributed by atoms with Gasteiger partial charge in [0, 0.05) is 18.2 Å². The zero-order valence-electron chi connectivity index (χ0n) is 11.2. The van der Waals surface area contributed by atoms with Crippen molar-refractivity contribution in [1.82, 2.24) is 5.32 Å². The smallest absolute Gasteiger partial charge is 0.330 e. The van der Waals surface area contributed by atoms with Crippen molar-refractivity contribution in [2.45, 2.75) is 13.0 Å². The van der Waals surface area contributed by atoms with E-state index >= 15 is 0 Å². The molecule has 1 aromatic rings. The van der Waals surface area contributed by atoms with Gasteiger partial charge in [-0.05, 0) is 24.3 Å². The number of nitrogens with one attached hydrogen (secondary N) is 2. The molecule has 0 aliphatic carbocycles. The summed E-state index contributed by atoms with van der Waals surface area (Å²) in [6, 6.07) is 4.99. The van der Waals surface area contributed by atoms with Crippen LogP contribution >= 0.6 is 0 Å². The number of aliphatic hydroxyl groups excluding tert-OH is 1. The molecule has 0 unspecified atom stereocenters. The van der Waals surface area contributed by atoms with Crippen LogP contribution in [0.1, 0.15) is 17.3 Å². The minimum Gasteiger partial charge on any atom is -0.467 e. The summed E-state index contributed by atoms with van der Waals surface area (Å²) >= 11 is 0. The summed E-state index contributed by atoms with van der Waals surface area (Å²) in [6.07, 6.45) is 0. The molecule has 2 amide bonds. The summed E-state index contributed by atoms with van der Waals surface area (Å²) in [4.78, 5) is 33.9. The van der Waals surface area contributed by atoms with Gasteiger partial charge in [-0.2, -0.15) is 0 Å². The van der Waals surface area contributed by atoms with Gasteiger partial charge in [-0.1, -0.05) is 0 Å². The molecule has 0 saturated heterocycles. The van der Waals surface area contributed by atoms with E-state index in [9.17, 15) is 14.4 Å². The van der Waals surface area contributed by atoms with Crippen molar-refractivity contribution < 1.29 is 24.2 Å². The number of esters is 1. The number of anilines is 1. The number of aliphatic hydroxyl groups is 1. The molecule has 1 aromatic carbocycles. The van der Waals surface area contributed by atoms with E-state index in [1.54, 1.807) is 12.1 Å². The minimum absolute atomic E-state index is 0.215. The highest BCUT2D eigenvalue weighted by Crippen LogP contribution is 2.09. The fourth-order valence-electron chi connectivity index (χ4n) is 1.47. The van der Waals surface area contributed by atoms with Crippen LogP contribution in [0.5, 0.6) is 0 Å². The van der Waals surface area contributed by atoms with E-state index in [-0.39, 0.29) is 5.91 Å². The van der Waals surface area contributed by atoms with E-state index in [0.29, 0.717) is 11.3 Å². The van der Waals surface area contributed by atoms with E-state index in [0.717, 1.165) is 0 Å². The molecule has 0 aliphatic rings. The average molecular weight is 280 g/mol. The molecule has 108 valence electrons. The normalized spacial score (nSPS) is 11.3. The van der Waals surface area contributed by atoms with Gasteiger partial charge in [0.1, 0.15) is 0 Å². The van der Waals surface area contributed by atoms with Crippen LogP contribution in [0.25, 0.3) is 0 Å². The summed E-state index contributed by atoms with van der Waals surface area (Å²) in [7, 11) is 1.17. The van der Waals surface area contributed by atoms with Crippen molar-refractivity contribution in [2.24, 2.45) is 0 Å². The third-order valence-electron chi connectivity index (χ3n) is 2.44. The first kappa shape index (κ1) is 15.6. The van der Waals surface area contributed by atoms with Crippen LogP contribution in [-0.2, 0) is 14.3 Å². The number of carbonyl (C=O) groups is 3. The van der Waals surface area contributed by atoms with Crippen LogP contribution in [-0.4, -0.2) is 42.6 Å². The van der Waals surface area contributed by atoms with Crippen molar-refractivity contribution in [3.63, 3.8) is 0 Å². The first-order chi connectivity index (χ1) is 9.47. The number of amides is 2. The largest absolute Gasteiger partial charge is 0.467 e. The van der Waals surface area contributed by atoms with Gasteiger partial charge in [-0.3, -0.25) is 9.59 Å². The van der Waals surface area contributed by atoms with Gasteiger partial charge >= 0.3 is 5.97 Å². The number of methoxy groups -OCH3 is 1. The second kappa shape index (κ2) is 7.25. The van der Waals surface area contributed by atoms with Crippen LogP contribution in [0.4, 0.5) is 5.69 Å². The molecule has 20 heavy (non-hydrogen) atoms. The highest BCUT2D eigenvalue weighted by molar-refractivity contribution is 5.97. The Labute approximate surface area is 115 Å². The first-order valence-electron chi connectivity index (χ1n) is 5.85. The molecular formula is C13H16N2O5. The molecule has 0 fully saturated rings. The van der Waals surface area contributed by atoms with Gasteiger partial charge in [0.2, 0.25) is 5.91 Å². The topological polar surface area (TPSA) is 105 Å². The van der Waals surface area contributed by atoms with Crippen LogP contribution in [0, 0.1) is 0 Å². The molecule has 1 rings (SSSR count). The predicted molar refractivity (Wildman–Crippen MR) is 71.1 cm³/mol. The van der Waals surface area contributed by atoms with Crippen molar-refractivity contribution in [1.29, 1.82) is 0 Å². The number of benzene rings is 1. The Balaban J connectivity index is 2.72. The highest BCUT2D eigenvalue weighted by atomic mass is 16.5. The SMILES string of the molecule is COC(=O)[C@@H](CO)NC(=O)c1ccc(NC(C)=O)cc1. The average Bonchev–Trinajstić information content (AvgIpc) is 2.43. The quantitative estimate of drug-likeness (QED) is 0.654. The lowest BCUT2D eigenvalue weighted by Crippen LogP contribution is -2.44. The lowest BCUT2D eigenvalue weighted by molar-refractivity contribution is -0.143. The maximum Gasteiger partial charge on any atom is 0.330 e. The lowest BCUT2D eigenvalue weighted by atomic mass is 10.1. The summed E-state index contributed by atoms with van der Waals surface area (Å²) < 4.78 is 4.44. The number of ether oxygens (including phenoxy) is 1. The fraction of sp³-hybridized carbons (Fsp3) is 0.308. The van der Waals surface area contributed by atoms with Gasteiger partial charge in [0.05, 0.1) is 13.7 Å². The molecule has 7 nitrogen and oxygen atoms in total. The molecule has 7 heteroatoms. The van der Waals surface area contributed by atoms with E-state index in [2.05, 4.69) is 15.4 Å². The Morgan fingerprint density at radius 3 is 2.30 bits per heavy atom. The van der Waals surface area contributed by atoms with Crippen LogP contribution in [0.2, 0.25) is 0 Å². The number of hydrogen-bond donors (Lipinski definition) is 3. The standard InChI is InChI=1S/C13H16N2O5/c1-8(17)14-10-5-3-9(4-6-10)12(18)15-11(7-16)13(19)20-2/h3-6,11,16H,7H2,1-2H3,(H,14,17)(H,15,18)/t11-/m1/s1. The van der Waals surface area contributed by atoms with Crippen LogP contribution in [0.15, 0.2) is 24.3 Å². The minimum atomic E-state index is -1.11. The van der Waals surface area contributed by atoms with Gasteiger partial charge in [0.15, 0.2) is 6.04 Å². The third kappa shape index (κ3) is 4.36. The number of rotatable bonds is 5. The second-order valence-corrected chi connectivity index (χ2v) is 3.99. The molecule has 1 atom stereocenters. The van der Waals surface area contributed by atoms with Crippen molar-refractivity contribution in [3.05, 3.63) is 29.8 Å². The summed E-state index contributed by atoms with van der Waals surface area (Å²) in [5, 5.41) is 13.9. The Bertz CT molecular complexity index is 498. The molecule has 0 heterocycles. The van der Waals surface area contributed by atoms with Gasteiger partial charge < -0.3 is 20.5 Å². The summed E-state index contributed by atoms with van der Waals surface area (Å²) in [6.45, 7) is 0.825. The Morgan fingerprint density at radius 1 is 1.25 bits per heavy atom. The van der Waals surface area contributed by atoms with Crippen molar-refractivity contribution in [3.8, 4) is 0 Å². The Kier molecular flexibility index (Phi) is 5.67. The Hall–Kier alpha value is -2.41. The third-order valence-corrected chi connectivity index (χ3v) is 2.44. The molecular weight excluding hydrogens is 264 g/mol. The molecule has 0 bridgehead atoms. The molecule has 3 N–H and O–H groups in total. The lowest BCUT2D eigenvalue weighted by Gasteiger charge is -2.13. The fourth-order valence-corrected chi connectivity index (χ4v) is 1.47. The van der Waals surface area contributed by atoms with Crippen molar-refractivity contribution in [2.75, 3.05) is 19.0 Å². The van der Waals surface area contributed by atoms with E-state index < -0.39 is 24.5 Å². The van der Waals surface area contributed by atoms with Gasteiger partial charge in [-0.25, -0.2) is 4.79 Å². The zero-order chi connectivity index (χ0) is 15.1. The molecule has 0 radical (unpaired) electrons. The maximum atomic E-state index is 11.9. The highest BCUT2D eigenvalue weighted by Gasteiger charge is 2.20. The second-order valence-electron chi connectivity index (χ2n) is 3.99. The van der Waals surface area contributed by atoms with E-state index in [1.807, 2.05) is 0 Å². The molecule has 0 aliphatic heterocycles. The van der Waals surface area contributed by atoms with Crippen LogP contribution < -0.4 is 10.6 Å². The van der Waals surface area contributed by atoms with Gasteiger partial charge in [0.25, 0.3) is 5.91 Å². The first-order valence-corrected chi connectivity index (χ1v) is 5.85. The van der Waals surface area contributed by atoms with Crippen molar-refractivity contribution >= 4 is 23.5 Å². The molecule has 0 saturated carbocycles. The van der Waals surface area contributed by atoms with E-state index in [1.165, 1.54) is 26.2 Å². The number of carbonyl (C=O) groups excluding carboxylic acids is 3. The Morgan fingerprint density at radius 2 is 1.85 bits per heavy atom. The zero-order valence-corrected chi connectivity index (χ0v) is 11.2. The summed E-state index contributed by atoms with van der Waals surface area (Å²) in [5.41, 5.74) is 0.849. The van der Waals surface area contributed by atoms with Gasteiger partial charge in [-0.15, -0.1) is 0 Å². The maximum absolute atomic E-state index is 11.9.